The van der Waals surface area contributed by atoms with Crippen LogP contribution in [-0.2, 0) is 22.6 Å². The number of hydrogen-bond acceptors (Lipinski definition) is 7. The zero-order chi connectivity index (χ0) is 31.1. The van der Waals surface area contributed by atoms with Crippen LogP contribution >= 0.6 is 11.3 Å². The van der Waals surface area contributed by atoms with E-state index in [9.17, 15) is 24.3 Å². The number of carboxylic acid groups (broad SMARTS) is 1. The highest BCUT2D eigenvalue weighted by molar-refractivity contribution is 7.11. The van der Waals surface area contributed by atoms with Gasteiger partial charge in [0.1, 0.15) is 16.7 Å². The molecule has 1 saturated heterocycles. The van der Waals surface area contributed by atoms with Crippen molar-refractivity contribution in [3.05, 3.63) is 81.3 Å². The summed E-state index contributed by atoms with van der Waals surface area (Å²) in [5, 5.41) is 9.99. The third-order valence-corrected chi connectivity index (χ3v) is 10.6. The van der Waals surface area contributed by atoms with E-state index in [1.54, 1.807) is 21.5 Å². The summed E-state index contributed by atoms with van der Waals surface area (Å²) in [5.41, 5.74) is 5.20. The molecule has 3 amide bonds. The number of aliphatic carboxylic acids is 1. The molecule has 1 saturated carbocycles. The Morgan fingerprint density at radius 1 is 0.978 bits per heavy atom. The molecule has 3 aliphatic heterocycles. The normalized spacial score (nSPS) is 24.4. The van der Waals surface area contributed by atoms with Gasteiger partial charge >= 0.3 is 5.97 Å². The second kappa shape index (κ2) is 12.3. The first-order valence-corrected chi connectivity index (χ1v) is 16.6. The molecule has 0 radical (unpaired) electrons. The van der Waals surface area contributed by atoms with Gasteiger partial charge in [0.2, 0.25) is 5.91 Å². The molecule has 11 heteroatoms. The van der Waals surface area contributed by atoms with Crippen LogP contribution in [0, 0.1) is 11.8 Å². The first-order valence-electron chi connectivity index (χ1n) is 15.8. The number of aromatic nitrogens is 1. The molecule has 0 bridgehead atoms. The van der Waals surface area contributed by atoms with Gasteiger partial charge in [-0.25, -0.2) is 0 Å². The monoisotopic (exact) mass is 628 g/mol. The molecule has 10 nitrogen and oxygen atoms in total. The molecule has 1 aromatic heterocycles. The van der Waals surface area contributed by atoms with E-state index in [1.807, 2.05) is 47.4 Å². The number of nitrogens with zero attached hydrogens (tertiary/aromatic N) is 4. The van der Waals surface area contributed by atoms with E-state index in [1.165, 1.54) is 11.3 Å². The summed E-state index contributed by atoms with van der Waals surface area (Å²) >= 11 is 1.32. The van der Waals surface area contributed by atoms with Gasteiger partial charge in [-0.2, -0.15) is 0 Å². The largest absolute Gasteiger partial charge is 0.488 e. The Labute approximate surface area is 265 Å². The van der Waals surface area contributed by atoms with Crippen molar-refractivity contribution in [2.45, 2.75) is 57.2 Å². The van der Waals surface area contributed by atoms with Crippen molar-refractivity contribution >= 4 is 35.0 Å². The Bertz CT molecular complexity index is 1630. The van der Waals surface area contributed by atoms with Crippen molar-refractivity contribution in [3.63, 3.8) is 0 Å². The quantitative estimate of drug-likeness (QED) is 0.412. The van der Waals surface area contributed by atoms with E-state index in [2.05, 4.69) is 4.98 Å². The average Bonchev–Trinajstić information content (AvgIpc) is 3.82. The van der Waals surface area contributed by atoms with Crippen molar-refractivity contribution < 1.29 is 29.0 Å². The van der Waals surface area contributed by atoms with Gasteiger partial charge in [0.05, 0.1) is 36.1 Å². The zero-order valence-corrected chi connectivity index (χ0v) is 25.8. The summed E-state index contributed by atoms with van der Waals surface area (Å²) in [6.45, 7) is 2.18. The standard InChI is InChI=1S/C34H36N4O6S/c39-31-24-8-2-1-6-22(24)17-37(31)19-27-30-21(12-15-38(27)32(40)25-9-3-4-10-26(25)34(42)43)7-5-11-28(30)44-23-13-14-36(18-23)33(41)29-16-35-20-45-29/h1-2,5-8,11,16,20,23,25-27H,3-4,9-10,12-15,17-19H2,(H,42,43)/t23-,25+,26-,27+/m0/s1. The lowest BCUT2D eigenvalue weighted by Crippen LogP contribution is -2.50. The number of ether oxygens (including phenoxy) is 1. The third kappa shape index (κ3) is 5.58. The molecule has 4 heterocycles. The maximum absolute atomic E-state index is 14.3. The van der Waals surface area contributed by atoms with E-state index in [4.69, 9.17) is 4.74 Å². The summed E-state index contributed by atoms with van der Waals surface area (Å²) < 4.78 is 6.65. The fourth-order valence-electron chi connectivity index (χ4n) is 7.57. The van der Waals surface area contributed by atoms with Gasteiger partial charge in [-0.1, -0.05) is 43.2 Å². The topological polar surface area (TPSA) is 120 Å². The van der Waals surface area contributed by atoms with Crippen LogP contribution in [0.4, 0.5) is 0 Å². The Balaban J connectivity index is 1.19. The molecule has 0 unspecified atom stereocenters. The average molecular weight is 629 g/mol. The number of carbonyl (C=O) groups is 4. The molecular weight excluding hydrogens is 592 g/mol. The number of carboxylic acids is 1. The van der Waals surface area contributed by atoms with Gasteiger partial charge < -0.3 is 24.5 Å². The molecule has 1 aliphatic carbocycles. The number of thiazole rings is 1. The van der Waals surface area contributed by atoms with Crippen LogP contribution in [0.2, 0.25) is 0 Å². The predicted molar refractivity (Wildman–Crippen MR) is 166 cm³/mol. The molecule has 4 atom stereocenters. The van der Waals surface area contributed by atoms with Crippen molar-refractivity contribution in [1.29, 1.82) is 0 Å². The van der Waals surface area contributed by atoms with Crippen molar-refractivity contribution in [1.82, 2.24) is 19.7 Å². The summed E-state index contributed by atoms with van der Waals surface area (Å²) in [4.78, 5) is 63.1. The van der Waals surface area contributed by atoms with Crippen molar-refractivity contribution in [2.75, 3.05) is 26.2 Å². The number of fused-ring (bicyclic) bond motifs is 2. The molecular formula is C34H36N4O6S. The summed E-state index contributed by atoms with van der Waals surface area (Å²) in [5.74, 6) is -1.86. The Morgan fingerprint density at radius 3 is 2.56 bits per heavy atom. The molecule has 0 spiro atoms. The number of carbonyl (C=O) groups excluding carboxylic acids is 3. The maximum atomic E-state index is 14.3. The Morgan fingerprint density at radius 2 is 1.78 bits per heavy atom. The summed E-state index contributed by atoms with van der Waals surface area (Å²) in [6, 6.07) is 13.0. The second-order valence-electron chi connectivity index (χ2n) is 12.5. The minimum Gasteiger partial charge on any atom is -0.488 e. The van der Waals surface area contributed by atoms with Crippen molar-refractivity contribution in [2.24, 2.45) is 11.8 Å². The fourth-order valence-corrected chi connectivity index (χ4v) is 8.15. The maximum Gasteiger partial charge on any atom is 0.307 e. The highest BCUT2D eigenvalue weighted by Gasteiger charge is 2.44. The Kier molecular flexibility index (Phi) is 8.03. The molecule has 4 aliphatic rings. The van der Waals surface area contributed by atoms with E-state index in [-0.39, 0.29) is 30.4 Å². The van der Waals surface area contributed by atoms with Crippen LogP contribution in [0.1, 0.15) is 74.9 Å². The van der Waals surface area contributed by atoms with Gasteiger partial charge in [-0.15, -0.1) is 11.3 Å². The molecule has 1 N–H and O–H groups in total. The minimum absolute atomic E-state index is 0.0547. The lowest BCUT2D eigenvalue weighted by molar-refractivity contribution is -0.153. The first-order chi connectivity index (χ1) is 21.9. The number of hydrogen-bond donors (Lipinski definition) is 1. The van der Waals surface area contributed by atoms with E-state index >= 15 is 0 Å². The van der Waals surface area contributed by atoms with Gasteiger partial charge in [0, 0.05) is 43.7 Å². The summed E-state index contributed by atoms with van der Waals surface area (Å²) in [6.07, 6.45) is 5.30. The molecule has 2 aromatic carbocycles. The zero-order valence-electron chi connectivity index (χ0n) is 25.0. The van der Waals surface area contributed by atoms with Gasteiger partial charge in [-0.05, 0) is 42.5 Å². The number of benzene rings is 2. The van der Waals surface area contributed by atoms with E-state index in [0.717, 1.165) is 29.5 Å². The Hall–Kier alpha value is -4.25. The number of amides is 3. The van der Waals surface area contributed by atoms with Crippen LogP contribution in [-0.4, -0.2) is 80.8 Å². The van der Waals surface area contributed by atoms with E-state index in [0.29, 0.717) is 68.1 Å². The number of likely N-dealkylation sites (tertiary alicyclic amines) is 1. The molecule has 2 fully saturated rings. The second-order valence-corrected chi connectivity index (χ2v) is 13.3. The van der Waals surface area contributed by atoms with Gasteiger partial charge in [0.15, 0.2) is 0 Å². The lowest BCUT2D eigenvalue weighted by Gasteiger charge is -2.43. The van der Waals surface area contributed by atoms with Crippen LogP contribution < -0.4 is 4.74 Å². The first kappa shape index (κ1) is 29.5. The highest BCUT2D eigenvalue weighted by Crippen LogP contribution is 2.42. The minimum atomic E-state index is -0.921. The molecule has 45 heavy (non-hydrogen) atoms. The van der Waals surface area contributed by atoms with Crippen LogP contribution in [0.3, 0.4) is 0 Å². The highest BCUT2D eigenvalue weighted by atomic mass is 32.1. The van der Waals surface area contributed by atoms with Crippen LogP contribution in [0.25, 0.3) is 0 Å². The molecule has 234 valence electrons. The third-order valence-electron chi connectivity index (χ3n) is 9.83. The predicted octanol–water partition coefficient (Wildman–Crippen LogP) is 4.41. The molecule has 7 rings (SSSR count). The van der Waals surface area contributed by atoms with Crippen LogP contribution in [0.5, 0.6) is 5.75 Å². The smallest absolute Gasteiger partial charge is 0.307 e. The van der Waals surface area contributed by atoms with Crippen LogP contribution in [0.15, 0.2) is 54.2 Å². The SMILES string of the molecule is O=C(O)[C@H]1CCCC[C@H]1C(=O)N1CCc2cccc(O[C@H]3CCN(C(=O)c4cncs4)C3)c2[C@H]1CN1Cc2ccccc2C1=O. The van der Waals surface area contributed by atoms with Gasteiger partial charge in [0.25, 0.3) is 11.8 Å². The number of rotatable bonds is 7. The van der Waals surface area contributed by atoms with E-state index < -0.39 is 23.8 Å². The van der Waals surface area contributed by atoms with Gasteiger partial charge in [-0.3, -0.25) is 24.2 Å². The fraction of sp³-hybridized carbons (Fsp3) is 0.441. The van der Waals surface area contributed by atoms with Crippen molar-refractivity contribution in [3.8, 4) is 5.75 Å². The molecule has 3 aromatic rings. The lowest BCUT2D eigenvalue weighted by atomic mass is 9.77. The summed E-state index contributed by atoms with van der Waals surface area (Å²) in [7, 11) is 0.